The minimum absolute atomic E-state index is 0.456. The Morgan fingerprint density at radius 1 is 1.21 bits per heavy atom. The van der Waals surface area contributed by atoms with Crippen molar-refractivity contribution >= 4 is 0 Å². The van der Waals surface area contributed by atoms with E-state index in [2.05, 4.69) is 38.0 Å². The van der Waals surface area contributed by atoms with Crippen LogP contribution in [0.2, 0.25) is 0 Å². The van der Waals surface area contributed by atoms with Crippen LogP contribution in [0, 0.1) is 11.3 Å². The smallest absolute Gasteiger partial charge is 0.0480 e. The average molecular weight is 268 g/mol. The highest BCUT2D eigenvalue weighted by atomic mass is 16.5. The Morgan fingerprint density at radius 3 is 2.53 bits per heavy atom. The summed E-state index contributed by atoms with van der Waals surface area (Å²) in [5.41, 5.74) is 0.456. The average Bonchev–Trinajstić information content (AvgIpc) is 2.68. The van der Waals surface area contributed by atoms with E-state index in [9.17, 15) is 0 Å². The van der Waals surface area contributed by atoms with Gasteiger partial charge in [0.05, 0.1) is 0 Å². The number of ether oxygens (including phenoxy) is 1. The molecule has 2 fully saturated rings. The minimum Gasteiger partial charge on any atom is -0.381 e. The number of nitrogens with one attached hydrogen (secondary N) is 1. The molecule has 0 aromatic heterocycles. The molecule has 1 heterocycles. The molecule has 1 aliphatic carbocycles. The lowest BCUT2D eigenvalue weighted by Gasteiger charge is -2.37. The molecule has 1 N–H and O–H groups in total. The standard InChI is InChI=1S/C16H32N2O/c1-5-17-15-13(6-9-16(15,2)3)12-18(4)14-7-10-19-11-8-14/h13-15,17H,5-12H2,1-4H3. The van der Waals surface area contributed by atoms with Gasteiger partial charge in [0.25, 0.3) is 0 Å². The van der Waals surface area contributed by atoms with E-state index in [4.69, 9.17) is 4.74 Å². The van der Waals surface area contributed by atoms with Crippen molar-refractivity contribution in [2.24, 2.45) is 11.3 Å². The third-order valence-electron chi connectivity index (χ3n) is 5.23. The largest absolute Gasteiger partial charge is 0.381 e. The summed E-state index contributed by atoms with van der Waals surface area (Å²) in [6.07, 6.45) is 5.14. The number of hydrogen-bond donors (Lipinski definition) is 1. The third kappa shape index (κ3) is 3.71. The maximum atomic E-state index is 5.47. The van der Waals surface area contributed by atoms with Gasteiger partial charge in [0.15, 0.2) is 0 Å². The van der Waals surface area contributed by atoms with Gasteiger partial charge < -0.3 is 15.0 Å². The second-order valence-corrected chi connectivity index (χ2v) is 7.11. The van der Waals surface area contributed by atoms with Gasteiger partial charge in [0, 0.05) is 31.8 Å². The molecule has 0 aromatic rings. The van der Waals surface area contributed by atoms with E-state index in [1.54, 1.807) is 0 Å². The van der Waals surface area contributed by atoms with Crippen LogP contribution >= 0.6 is 0 Å². The van der Waals surface area contributed by atoms with Gasteiger partial charge in [-0.3, -0.25) is 0 Å². The molecule has 1 aliphatic heterocycles. The van der Waals surface area contributed by atoms with Crippen LogP contribution in [0.25, 0.3) is 0 Å². The first-order chi connectivity index (χ1) is 9.04. The quantitative estimate of drug-likeness (QED) is 0.829. The summed E-state index contributed by atoms with van der Waals surface area (Å²) in [4.78, 5) is 2.60. The predicted octanol–water partition coefficient (Wildman–Crippen LogP) is 2.51. The lowest BCUT2D eigenvalue weighted by Crippen LogP contribution is -2.47. The van der Waals surface area contributed by atoms with Gasteiger partial charge >= 0.3 is 0 Å². The summed E-state index contributed by atoms with van der Waals surface area (Å²) in [5.74, 6) is 0.808. The topological polar surface area (TPSA) is 24.5 Å². The maximum Gasteiger partial charge on any atom is 0.0480 e. The Kier molecular flexibility index (Phi) is 5.27. The van der Waals surface area contributed by atoms with Crippen molar-refractivity contribution in [3.05, 3.63) is 0 Å². The number of rotatable bonds is 5. The molecular formula is C16H32N2O. The molecule has 1 saturated carbocycles. The van der Waals surface area contributed by atoms with E-state index in [0.717, 1.165) is 31.7 Å². The summed E-state index contributed by atoms with van der Waals surface area (Å²) >= 11 is 0. The van der Waals surface area contributed by atoms with Crippen molar-refractivity contribution in [2.45, 2.75) is 58.5 Å². The fourth-order valence-corrected chi connectivity index (χ4v) is 4.02. The molecule has 112 valence electrons. The molecule has 2 atom stereocenters. The van der Waals surface area contributed by atoms with Gasteiger partial charge in [0.1, 0.15) is 0 Å². The Bertz CT molecular complexity index is 274. The second kappa shape index (κ2) is 6.55. The first kappa shape index (κ1) is 15.3. The molecule has 19 heavy (non-hydrogen) atoms. The molecule has 3 nitrogen and oxygen atoms in total. The highest BCUT2D eigenvalue weighted by Crippen LogP contribution is 2.41. The van der Waals surface area contributed by atoms with Crippen LogP contribution in [-0.2, 0) is 4.74 Å². The zero-order valence-electron chi connectivity index (χ0n) is 13.2. The van der Waals surface area contributed by atoms with Gasteiger partial charge in [-0.05, 0) is 50.6 Å². The molecule has 2 unspecified atom stereocenters. The second-order valence-electron chi connectivity index (χ2n) is 7.11. The fraction of sp³-hybridized carbons (Fsp3) is 1.00. The van der Waals surface area contributed by atoms with Gasteiger partial charge in [-0.2, -0.15) is 0 Å². The van der Waals surface area contributed by atoms with E-state index in [0.29, 0.717) is 11.5 Å². The summed E-state index contributed by atoms with van der Waals surface area (Å²) in [6.45, 7) is 11.3. The minimum atomic E-state index is 0.456. The van der Waals surface area contributed by atoms with Crippen molar-refractivity contribution in [3.8, 4) is 0 Å². The predicted molar refractivity (Wildman–Crippen MR) is 80.4 cm³/mol. The summed E-state index contributed by atoms with van der Waals surface area (Å²) in [5, 5.41) is 3.74. The van der Waals surface area contributed by atoms with Gasteiger partial charge in [-0.1, -0.05) is 20.8 Å². The van der Waals surface area contributed by atoms with E-state index < -0.39 is 0 Å². The van der Waals surface area contributed by atoms with E-state index in [1.807, 2.05) is 0 Å². The summed E-state index contributed by atoms with van der Waals surface area (Å²) < 4.78 is 5.47. The van der Waals surface area contributed by atoms with E-state index >= 15 is 0 Å². The fourth-order valence-electron chi connectivity index (χ4n) is 4.02. The zero-order chi connectivity index (χ0) is 13.9. The molecule has 0 radical (unpaired) electrons. The Balaban J connectivity index is 1.90. The summed E-state index contributed by atoms with van der Waals surface area (Å²) in [6, 6.07) is 1.42. The number of nitrogens with zero attached hydrogens (tertiary/aromatic N) is 1. The van der Waals surface area contributed by atoms with Crippen molar-refractivity contribution in [1.29, 1.82) is 0 Å². The lowest BCUT2D eigenvalue weighted by molar-refractivity contribution is 0.0361. The molecule has 2 aliphatic rings. The first-order valence-electron chi connectivity index (χ1n) is 8.06. The van der Waals surface area contributed by atoms with Crippen molar-refractivity contribution in [3.63, 3.8) is 0 Å². The van der Waals surface area contributed by atoms with Crippen LogP contribution in [-0.4, -0.2) is 50.3 Å². The lowest BCUT2D eigenvalue weighted by atomic mass is 9.84. The first-order valence-corrected chi connectivity index (χ1v) is 8.06. The molecule has 0 spiro atoms. The SMILES string of the molecule is CCNC1C(CN(C)C2CCOCC2)CCC1(C)C. The Hall–Kier alpha value is -0.120. The van der Waals surface area contributed by atoms with Gasteiger partial charge in [-0.15, -0.1) is 0 Å². The Morgan fingerprint density at radius 2 is 1.89 bits per heavy atom. The van der Waals surface area contributed by atoms with Crippen LogP contribution in [0.3, 0.4) is 0 Å². The van der Waals surface area contributed by atoms with Crippen LogP contribution in [0.4, 0.5) is 0 Å². The highest BCUT2D eigenvalue weighted by molar-refractivity contribution is 4.97. The molecule has 0 bridgehead atoms. The highest BCUT2D eigenvalue weighted by Gasteiger charge is 2.41. The normalized spacial score (nSPS) is 32.1. The van der Waals surface area contributed by atoms with Crippen molar-refractivity contribution < 1.29 is 4.74 Å². The molecule has 0 amide bonds. The molecule has 3 heteroatoms. The van der Waals surface area contributed by atoms with Crippen molar-refractivity contribution in [1.82, 2.24) is 10.2 Å². The monoisotopic (exact) mass is 268 g/mol. The van der Waals surface area contributed by atoms with Crippen LogP contribution in [0.15, 0.2) is 0 Å². The molecule has 0 aromatic carbocycles. The molecule has 1 saturated heterocycles. The van der Waals surface area contributed by atoms with Crippen molar-refractivity contribution in [2.75, 3.05) is 33.4 Å². The Labute approximate surface area is 119 Å². The molecular weight excluding hydrogens is 236 g/mol. The third-order valence-corrected chi connectivity index (χ3v) is 5.23. The summed E-state index contributed by atoms with van der Waals surface area (Å²) in [7, 11) is 2.31. The molecule has 2 rings (SSSR count). The van der Waals surface area contributed by atoms with Gasteiger partial charge in [-0.25, -0.2) is 0 Å². The van der Waals surface area contributed by atoms with Crippen LogP contribution < -0.4 is 5.32 Å². The number of hydrogen-bond acceptors (Lipinski definition) is 3. The van der Waals surface area contributed by atoms with Crippen LogP contribution in [0.5, 0.6) is 0 Å². The van der Waals surface area contributed by atoms with E-state index in [1.165, 1.54) is 32.2 Å². The van der Waals surface area contributed by atoms with E-state index in [-0.39, 0.29) is 0 Å². The maximum absolute atomic E-state index is 5.47. The zero-order valence-corrected chi connectivity index (χ0v) is 13.2. The van der Waals surface area contributed by atoms with Gasteiger partial charge in [0.2, 0.25) is 0 Å². The van der Waals surface area contributed by atoms with Crippen LogP contribution in [0.1, 0.15) is 46.5 Å².